The molecule has 3 rings (SSSR count). The molecule has 0 aliphatic heterocycles. The first-order chi connectivity index (χ1) is 10.4. The van der Waals surface area contributed by atoms with Gasteiger partial charge in [-0.3, -0.25) is 4.79 Å². The summed E-state index contributed by atoms with van der Waals surface area (Å²) in [6.07, 6.45) is 0. The van der Waals surface area contributed by atoms with E-state index in [0.717, 1.165) is 22.3 Å². The van der Waals surface area contributed by atoms with E-state index in [-0.39, 0.29) is 0 Å². The second-order valence-electron chi connectivity index (χ2n) is 4.69. The lowest BCUT2D eigenvalue weighted by Crippen LogP contribution is -1.90. The van der Waals surface area contributed by atoms with Gasteiger partial charge in [0, 0.05) is 0 Å². The molecule has 0 fully saturated rings. The molecule has 0 atom stereocenters. The summed E-state index contributed by atoms with van der Waals surface area (Å²) in [4.78, 5) is 10.6. The number of carbonyl (C=O) groups is 1. The van der Waals surface area contributed by atoms with Crippen molar-refractivity contribution in [3.63, 3.8) is 0 Å². The van der Waals surface area contributed by atoms with Crippen LogP contribution in [-0.4, -0.2) is 6.47 Å². The van der Waals surface area contributed by atoms with Crippen LogP contribution in [0.15, 0.2) is 78.9 Å². The van der Waals surface area contributed by atoms with E-state index in [2.05, 4.69) is 6.07 Å². The lowest BCUT2D eigenvalue weighted by Gasteiger charge is -2.09. The van der Waals surface area contributed by atoms with Crippen LogP contribution in [0.25, 0.3) is 22.3 Å². The minimum Gasteiger partial charge on any atom is -0.429 e. The van der Waals surface area contributed by atoms with Gasteiger partial charge in [0.15, 0.2) is 0 Å². The van der Waals surface area contributed by atoms with Crippen molar-refractivity contribution < 1.29 is 9.53 Å². The SMILES string of the molecule is O=COc1cc(-c2ccccc2)cc(-c2ccccc2)c1. The maximum Gasteiger partial charge on any atom is 0.298 e. The van der Waals surface area contributed by atoms with Gasteiger partial charge in [0.1, 0.15) is 5.75 Å². The van der Waals surface area contributed by atoms with Gasteiger partial charge in [-0.05, 0) is 40.5 Å². The summed E-state index contributed by atoms with van der Waals surface area (Å²) in [5.41, 5.74) is 4.22. The van der Waals surface area contributed by atoms with E-state index in [4.69, 9.17) is 4.74 Å². The number of hydrogen-bond acceptors (Lipinski definition) is 2. The largest absolute Gasteiger partial charge is 0.429 e. The Morgan fingerprint density at radius 2 is 1.10 bits per heavy atom. The molecule has 0 unspecified atom stereocenters. The zero-order valence-electron chi connectivity index (χ0n) is 11.4. The van der Waals surface area contributed by atoms with E-state index in [1.165, 1.54) is 0 Å². The summed E-state index contributed by atoms with van der Waals surface area (Å²) in [5, 5.41) is 0. The lowest BCUT2D eigenvalue weighted by atomic mass is 9.98. The van der Waals surface area contributed by atoms with Gasteiger partial charge in [0.25, 0.3) is 6.47 Å². The van der Waals surface area contributed by atoms with E-state index < -0.39 is 0 Å². The molecular formula is C19H14O2. The topological polar surface area (TPSA) is 26.3 Å². The number of benzene rings is 3. The Labute approximate surface area is 123 Å². The molecule has 0 saturated carbocycles. The molecule has 0 radical (unpaired) electrons. The fraction of sp³-hybridized carbons (Fsp3) is 0. The minimum atomic E-state index is 0.457. The van der Waals surface area contributed by atoms with Gasteiger partial charge >= 0.3 is 0 Å². The number of ether oxygens (including phenoxy) is 1. The molecule has 3 aromatic rings. The van der Waals surface area contributed by atoms with E-state index in [1.54, 1.807) is 0 Å². The average molecular weight is 274 g/mol. The van der Waals surface area contributed by atoms with Crippen LogP contribution in [0.2, 0.25) is 0 Å². The highest BCUT2D eigenvalue weighted by molar-refractivity contribution is 5.75. The highest BCUT2D eigenvalue weighted by Gasteiger charge is 2.06. The van der Waals surface area contributed by atoms with Crippen molar-refractivity contribution >= 4 is 6.47 Å². The van der Waals surface area contributed by atoms with Crippen LogP contribution in [0, 0.1) is 0 Å². The van der Waals surface area contributed by atoms with Crippen molar-refractivity contribution in [1.29, 1.82) is 0 Å². The fourth-order valence-electron chi connectivity index (χ4n) is 2.32. The molecule has 0 spiro atoms. The van der Waals surface area contributed by atoms with Crippen LogP contribution >= 0.6 is 0 Å². The summed E-state index contributed by atoms with van der Waals surface area (Å²) < 4.78 is 5.05. The Kier molecular flexibility index (Phi) is 3.79. The Morgan fingerprint density at radius 3 is 1.52 bits per heavy atom. The standard InChI is InChI=1S/C19H14O2/c20-14-21-19-12-17(15-7-3-1-4-8-15)11-18(13-19)16-9-5-2-6-10-16/h1-14H. The van der Waals surface area contributed by atoms with E-state index in [1.807, 2.05) is 72.8 Å². The molecule has 3 aromatic carbocycles. The molecule has 0 aliphatic carbocycles. The third-order valence-electron chi connectivity index (χ3n) is 3.30. The quantitative estimate of drug-likeness (QED) is 0.652. The molecule has 0 amide bonds. The number of rotatable bonds is 4. The summed E-state index contributed by atoms with van der Waals surface area (Å²) in [6.45, 7) is 0.457. The average Bonchev–Trinajstić information content (AvgIpc) is 2.56. The smallest absolute Gasteiger partial charge is 0.298 e. The molecule has 2 heteroatoms. The second-order valence-corrected chi connectivity index (χ2v) is 4.69. The van der Waals surface area contributed by atoms with Crippen LogP contribution in [0.5, 0.6) is 5.75 Å². The first-order valence-corrected chi connectivity index (χ1v) is 6.73. The molecule has 0 aromatic heterocycles. The molecule has 0 bridgehead atoms. The van der Waals surface area contributed by atoms with E-state index >= 15 is 0 Å². The number of hydrogen-bond donors (Lipinski definition) is 0. The minimum absolute atomic E-state index is 0.457. The van der Waals surface area contributed by atoms with Crippen LogP contribution in [0.1, 0.15) is 0 Å². The highest BCUT2D eigenvalue weighted by Crippen LogP contribution is 2.31. The summed E-state index contributed by atoms with van der Waals surface area (Å²) in [7, 11) is 0. The Hall–Kier alpha value is -2.87. The molecule has 0 aliphatic rings. The first kappa shape index (κ1) is 13.1. The van der Waals surface area contributed by atoms with E-state index in [0.29, 0.717) is 12.2 Å². The molecule has 0 heterocycles. The van der Waals surface area contributed by atoms with Crippen LogP contribution in [0.4, 0.5) is 0 Å². The van der Waals surface area contributed by atoms with E-state index in [9.17, 15) is 4.79 Å². The zero-order valence-corrected chi connectivity index (χ0v) is 11.4. The van der Waals surface area contributed by atoms with Crippen molar-refractivity contribution in [3.05, 3.63) is 78.9 Å². The molecular weight excluding hydrogens is 260 g/mol. The van der Waals surface area contributed by atoms with Gasteiger partial charge in [-0.1, -0.05) is 60.7 Å². The Balaban J connectivity index is 2.13. The third-order valence-corrected chi connectivity index (χ3v) is 3.30. The van der Waals surface area contributed by atoms with Gasteiger partial charge in [-0.2, -0.15) is 0 Å². The van der Waals surface area contributed by atoms with Gasteiger partial charge < -0.3 is 4.74 Å². The maximum atomic E-state index is 10.6. The maximum absolute atomic E-state index is 10.6. The van der Waals surface area contributed by atoms with Crippen LogP contribution in [-0.2, 0) is 4.79 Å². The predicted molar refractivity (Wildman–Crippen MR) is 84.0 cm³/mol. The van der Waals surface area contributed by atoms with Gasteiger partial charge in [-0.15, -0.1) is 0 Å². The van der Waals surface area contributed by atoms with Crippen molar-refractivity contribution in [2.45, 2.75) is 0 Å². The lowest BCUT2D eigenvalue weighted by molar-refractivity contribution is -0.120. The molecule has 0 N–H and O–H groups in total. The third kappa shape index (κ3) is 3.00. The summed E-state index contributed by atoms with van der Waals surface area (Å²) in [6, 6.07) is 25.9. The summed E-state index contributed by atoms with van der Waals surface area (Å²) in [5.74, 6) is 0.546. The van der Waals surface area contributed by atoms with Gasteiger partial charge in [-0.25, -0.2) is 0 Å². The number of carbonyl (C=O) groups excluding carboxylic acids is 1. The van der Waals surface area contributed by atoms with Crippen molar-refractivity contribution in [1.82, 2.24) is 0 Å². The van der Waals surface area contributed by atoms with Crippen molar-refractivity contribution in [3.8, 4) is 28.0 Å². The van der Waals surface area contributed by atoms with Crippen LogP contribution in [0.3, 0.4) is 0 Å². The normalized spacial score (nSPS) is 10.1. The molecule has 102 valence electrons. The molecule has 21 heavy (non-hydrogen) atoms. The zero-order chi connectivity index (χ0) is 14.5. The highest BCUT2D eigenvalue weighted by atomic mass is 16.5. The summed E-state index contributed by atoms with van der Waals surface area (Å²) >= 11 is 0. The fourth-order valence-corrected chi connectivity index (χ4v) is 2.32. The van der Waals surface area contributed by atoms with Crippen molar-refractivity contribution in [2.24, 2.45) is 0 Å². The molecule has 2 nitrogen and oxygen atoms in total. The Bertz CT molecular complexity index is 676. The van der Waals surface area contributed by atoms with Gasteiger partial charge in [0.2, 0.25) is 0 Å². The first-order valence-electron chi connectivity index (χ1n) is 6.73. The van der Waals surface area contributed by atoms with Gasteiger partial charge in [0.05, 0.1) is 0 Å². The van der Waals surface area contributed by atoms with Crippen molar-refractivity contribution in [2.75, 3.05) is 0 Å². The Morgan fingerprint density at radius 1 is 0.619 bits per heavy atom. The predicted octanol–water partition coefficient (Wildman–Crippen LogP) is 4.56. The second kappa shape index (κ2) is 6.06. The monoisotopic (exact) mass is 274 g/mol. The molecule has 0 saturated heterocycles. The van der Waals surface area contributed by atoms with Crippen LogP contribution < -0.4 is 4.74 Å².